The molecule has 0 N–H and O–H groups in total. The van der Waals surface area contributed by atoms with Crippen LogP contribution in [0, 0.1) is 42.3 Å². The Bertz CT molecular complexity index is 925. The van der Waals surface area contributed by atoms with E-state index in [1.165, 1.54) is 31.2 Å². The molecule has 4 atom stereocenters. The molecule has 2 aromatic carbocycles. The van der Waals surface area contributed by atoms with Crippen molar-refractivity contribution in [2.24, 2.45) is 17.8 Å². The second-order valence-corrected chi connectivity index (χ2v) is 8.98. The molecule has 0 saturated heterocycles. The van der Waals surface area contributed by atoms with E-state index in [1.54, 1.807) is 6.07 Å². The summed E-state index contributed by atoms with van der Waals surface area (Å²) in [5, 5.41) is 0. The van der Waals surface area contributed by atoms with Gasteiger partial charge in [0.15, 0.2) is 0 Å². The van der Waals surface area contributed by atoms with E-state index in [-0.39, 0.29) is 5.82 Å². The lowest BCUT2D eigenvalue weighted by Crippen LogP contribution is -2.30. The SMILES string of the molecule is C/C=C/C1CCC2CC(c3ccc(C#Cc4ccc(C)cc4)cc3F)CCC2C1. The van der Waals surface area contributed by atoms with Crippen LogP contribution in [-0.2, 0) is 0 Å². The van der Waals surface area contributed by atoms with Gasteiger partial charge in [0, 0.05) is 11.1 Å². The van der Waals surface area contributed by atoms with Crippen LogP contribution in [0.2, 0.25) is 0 Å². The number of hydrogen-bond donors (Lipinski definition) is 0. The van der Waals surface area contributed by atoms with Gasteiger partial charge in [-0.1, -0.05) is 47.8 Å². The molecule has 0 radical (unpaired) electrons. The molecular formula is C28H31F. The smallest absolute Gasteiger partial charge is 0.127 e. The Morgan fingerprint density at radius 3 is 2.31 bits per heavy atom. The van der Waals surface area contributed by atoms with Crippen LogP contribution in [0.5, 0.6) is 0 Å². The van der Waals surface area contributed by atoms with Crippen LogP contribution in [0.3, 0.4) is 0 Å². The van der Waals surface area contributed by atoms with Crippen molar-refractivity contribution in [3.63, 3.8) is 0 Å². The van der Waals surface area contributed by atoms with Crippen molar-refractivity contribution < 1.29 is 4.39 Å². The maximum atomic E-state index is 14.9. The van der Waals surface area contributed by atoms with E-state index in [2.05, 4.69) is 50.0 Å². The molecule has 0 nitrogen and oxygen atoms in total. The Morgan fingerprint density at radius 2 is 1.55 bits per heavy atom. The summed E-state index contributed by atoms with van der Waals surface area (Å²) >= 11 is 0. The molecule has 4 rings (SSSR count). The molecule has 0 aliphatic heterocycles. The zero-order valence-corrected chi connectivity index (χ0v) is 17.6. The zero-order valence-electron chi connectivity index (χ0n) is 17.6. The summed E-state index contributed by atoms with van der Waals surface area (Å²) in [6.45, 7) is 4.19. The van der Waals surface area contributed by atoms with Crippen molar-refractivity contribution in [3.8, 4) is 11.8 Å². The first-order chi connectivity index (χ1) is 14.1. The van der Waals surface area contributed by atoms with Crippen LogP contribution < -0.4 is 0 Å². The summed E-state index contributed by atoms with van der Waals surface area (Å²) in [7, 11) is 0. The van der Waals surface area contributed by atoms with Gasteiger partial charge in [-0.25, -0.2) is 4.39 Å². The quantitative estimate of drug-likeness (QED) is 0.372. The molecule has 2 aliphatic carbocycles. The van der Waals surface area contributed by atoms with Gasteiger partial charge in [-0.15, -0.1) is 0 Å². The highest BCUT2D eigenvalue weighted by Crippen LogP contribution is 2.48. The minimum atomic E-state index is -0.0771. The van der Waals surface area contributed by atoms with E-state index < -0.39 is 0 Å². The van der Waals surface area contributed by atoms with Crippen LogP contribution in [0.15, 0.2) is 54.6 Å². The average Bonchev–Trinajstić information content (AvgIpc) is 2.73. The monoisotopic (exact) mass is 386 g/mol. The lowest BCUT2D eigenvalue weighted by atomic mass is 9.64. The van der Waals surface area contributed by atoms with Crippen molar-refractivity contribution in [2.45, 2.75) is 58.3 Å². The normalized spacial score (nSPS) is 26.6. The van der Waals surface area contributed by atoms with E-state index in [0.717, 1.165) is 47.3 Å². The summed E-state index contributed by atoms with van der Waals surface area (Å²) in [5.74, 6) is 8.93. The summed E-state index contributed by atoms with van der Waals surface area (Å²) < 4.78 is 14.9. The summed E-state index contributed by atoms with van der Waals surface area (Å²) in [5.41, 5.74) is 3.84. The van der Waals surface area contributed by atoms with Gasteiger partial charge in [0.05, 0.1) is 0 Å². The molecule has 29 heavy (non-hydrogen) atoms. The maximum absolute atomic E-state index is 14.9. The molecule has 150 valence electrons. The van der Waals surface area contributed by atoms with Gasteiger partial charge < -0.3 is 0 Å². The third-order valence-corrected chi connectivity index (χ3v) is 6.96. The van der Waals surface area contributed by atoms with Gasteiger partial charge in [-0.2, -0.15) is 0 Å². The van der Waals surface area contributed by atoms with Gasteiger partial charge in [0.1, 0.15) is 5.82 Å². The highest BCUT2D eigenvalue weighted by atomic mass is 19.1. The van der Waals surface area contributed by atoms with Gasteiger partial charge in [-0.05, 0) is 106 Å². The maximum Gasteiger partial charge on any atom is 0.127 e. The number of halogens is 1. The lowest BCUT2D eigenvalue weighted by molar-refractivity contribution is 0.132. The van der Waals surface area contributed by atoms with Crippen molar-refractivity contribution in [1.29, 1.82) is 0 Å². The van der Waals surface area contributed by atoms with Crippen molar-refractivity contribution >= 4 is 0 Å². The standard InChI is InChI=1S/C28H31F/c1-3-4-22-11-13-25-19-26(15-14-24(25)17-22)27-16-12-23(18-28(27)29)10-9-21-7-5-20(2)6-8-21/h3-8,12,16,18,22,24-26H,11,13-15,17,19H2,1-2H3/b4-3+. The number of aryl methyl sites for hydroxylation is 1. The number of hydrogen-bond acceptors (Lipinski definition) is 0. The van der Waals surface area contributed by atoms with E-state index in [9.17, 15) is 4.39 Å². The molecule has 2 aliphatic rings. The van der Waals surface area contributed by atoms with E-state index in [4.69, 9.17) is 0 Å². The molecule has 2 fully saturated rings. The number of allylic oxidation sites excluding steroid dienone is 2. The van der Waals surface area contributed by atoms with Crippen LogP contribution in [0.1, 0.15) is 73.6 Å². The minimum absolute atomic E-state index is 0.0771. The molecule has 0 spiro atoms. The molecule has 0 aromatic heterocycles. The summed E-state index contributed by atoms with van der Waals surface area (Å²) in [6, 6.07) is 13.7. The number of fused-ring (bicyclic) bond motifs is 1. The average molecular weight is 387 g/mol. The van der Waals surface area contributed by atoms with Gasteiger partial charge in [0.25, 0.3) is 0 Å². The summed E-state index contributed by atoms with van der Waals surface area (Å²) in [6.07, 6.45) is 12.0. The molecule has 0 amide bonds. The molecular weight excluding hydrogens is 355 g/mol. The molecule has 1 heteroatoms. The fourth-order valence-corrected chi connectivity index (χ4v) is 5.37. The van der Waals surface area contributed by atoms with Crippen molar-refractivity contribution in [3.05, 3.63) is 82.7 Å². The predicted molar refractivity (Wildman–Crippen MR) is 119 cm³/mol. The fourth-order valence-electron chi connectivity index (χ4n) is 5.37. The van der Waals surface area contributed by atoms with E-state index in [0.29, 0.717) is 5.92 Å². The molecule has 0 heterocycles. The first-order valence-electron chi connectivity index (χ1n) is 11.1. The summed E-state index contributed by atoms with van der Waals surface area (Å²) in [4.78, 5) is 0. The highest BCUT2D eigenvalue weighted by Gasteiger charge is 2.35. The number of rotatable bonds is 2. The Kier molecular flexibility index (Phi) is 6.19. The van der Waals surface area contributed by atoms with Crippen LogP contribution in [0.4, 0.5) is 4.39 Å². The zero-order chi connectivity index (χ0) is 20.2. The lowest BCUT2D eigenvalue weighted by Gasteiger charge is -2.41. The van der Waals surface area contributed by atoms with Gasteiger partial charge in [-0.3, -0.25) is 0 Å². The third kappa shape index (κ3) is 4.81. The topological polar surface area (TPSA) is 0 Å². The highest BCUT2D eigenvalue weighted by molar-refractivity contribution is 5.44. The first-order valence-corrected chi connectivity index (χ1v) is 11.1. The van der Waals surface area contributed by atoms with Gasteiger partial charge >= 0.3 is 0 Å². The second-order valence-electron chi connectivity index (χ2n) is 8.98. The van der Waals surface area contributed by atoms with Crippen LogP contribution in [0.25, 0.3) is 0 Å². The molecule has 4 unspecified atom stereocenters. The largest absolute Gasteiger partial charge is 0.207 e. The van der Waals surface area contributed by atoms with Crippen LogP contribution in [-0.4, -0.2) is 0 Å². The Balaban J connectivity index is 1.43. The van der Waals surface area contributed by atoms with Crippen molar-refractivity contribution in [2.75, 3.05) is 0 Å². The van der Waals surface area contributed by atoms with Gasteiger partial charge in [0.2, 0.25) is 0 Å². The molecule has 2 aromatic rings. The molecule has 2 saturated carbocycles. The second kappa shape index (κ2) is 9.00. The van der Waals surface area contributed by atoms with Crippen molar-refractivity contribution in [1.82, 2.24) is 0 Å². The number of benzene rings is 2. The fraction of sp³-hybridized carbons (Fsp3) is 0.429. The minimum Gasteiger partial charge on any atom is -0.207 e. The Morgan fingerprint density at radius 1 is 0.862 bits per heavy atom. The van der Waals surface area contributed by atoms with E-state index >= 15 is 0 Å². The Labute approximate surface area is 175 Å². The third-order valence-electron chi connectivity index (χ3n) is 6.96. The first kappa shape index (κ1) is 20.0. The van der Waals surface area contributed by atoms with Crippen LogP contribution >= 0.6 is 0 Å². The Hall–Kier alpha value is -2.33. The molecule has 0 bridgehead atoms. The predicted octanol–water partition coefficient (Wildman–Crippen LogP) is 7.41. The van der Waals surface area contributed by atoms with E-state index in [1.807, 2.05) is 24.3 Å².